The van der Waals surface area contributed by atoms with Gasteiger partial charge in [0.2, 0.25) is 0 Å². The van der Waals surface area contributed by atoms with Gasteiger partial charge in [0.05, 0.1) is 23.5 Å². The molecule has 0 saturated carbocycles. The molecule has 1 amide bonds. The summed E-state index contributed by atoms with van der Waals surface area (Å²) in [7, 11) is 0. The van der Waals surface area contributed by atoms with Crippen LogP contribution in [0, 0.1) is 11.7 Å². The van der Waals surface area contributed by atoms with Crippen LogP contribution in [0.25, 0.3) is 0 Å². The second kappa shape index (κ2) is 9.58. The Kier molecular flexibility index (Phi) is 6.85. The Morgan fingerprint density at radius 2 is 2.07 bits per heavy atom. The molecule has 2 aliphatic heterocycles. The first-order valence-electron chi connectivity index (χ1n) is 10.5. The molecule has 30 heavy (non-hydrogen) atoms. The van der Waals surface area contributed by atoms with Gasteiger partial charge in [0.25, 0.3) is 5.91 Å². The Hall–Kier alpha value is -1.77. The van der Waals surface area contributed by atoms with Crippen LogP contribution in [0.5, 0.6) is 0 Å². The van der Waals surface area contributed by atoms with E-state index >= 15 is 0 Å². The van der Waals surface area contributed by atoms with Crippen molar-refractivity contribution in [1.82, 2.24) is 20.2 Å². The molecule has 0 bridgehead atoms. The van der Waals surface area contributed by atoms with E-state index in [0.717, 1.165) is 37.0 Å². The number of aromatic nitrogens is 2. The number of amides is 1. The Morgan fingerprint density at radius 3 is 2.80 bits per heavy atom. The molecule has 9 heteroatoms. The number of nitrogens with one attached hydrogen (secondary N) is 1. The number of likely N-dealkylation sites (tertiary alicyclic amines) is 1. The zero-order valence-electron chi connectivity index (χ0n) is 17.1. The van der Waals surface area contributed by atoms with Gasteiger partial charge >= 0.3 is 0 Å². The van der Waals surface area contributed by atoms with Crippen LogP contribution in [-0.4, -0.2) is 53.0 Å². The summed E-state index contributed by atoms with van der Waals surface area (Å²) in [6.07, 6.45) is 7.89. The van der Waals surface area contributed by atoms with Gasteiger partial charge in [-0.15, -0.1) is 0 Å². The molecule has 0 spiro atoms. The van der Waals surface area contributed by atoms with Gasteiger partial charge in [-0.3, -0.25) is 14.7 Å². The predicted molar refractivity (Wildman–Crippen MR) is 118 cm³/mol. The maximum absolute atomic E-state index is 13.8. The highest BCUT2D eigenvalue weighted by Crippen LogP contribution is 2.29. The summed E-state index contributed by atoms with van der Waals surface area (Å²) in [5.41, 5.74) is 0.159. The Bertz CT molecular complexity index is 886. The average molecular weight is 452 g/mol. The second-order valence-corrected chi connectivity index (χ2v) is 9.68. The molecule has 1 atom stereocenters. The molecule has 2 saturated heterocycles. The van der Waals surface area contributed by atoms with E-state index < -0.39 is 5.82 Å². The molecular weight excluding hydrogens is 425 g/mol. The number of piperidine rings is 2. The van der Waals surface area contributed by atoms with Gasteiger partial charge in [-0.05, 0) is 44.2 Å². The fraction of sp³-hybridized carbons (Fsp3) is 0.571. The lowest BCUT2D eigenvalue weighted by Crippen LogP contribution is -2.48. The number of nitrogens with zero attached hydrogens (tertiary/aromatic N) is 4. The lowest BCUT2D eigenvalue weighted by molar-refractivity contribution is 0.0954. The first-order valence-corrected chi connectivity index (χ1v) is 11.7. The number of thiazole rings is 1. The van der Waals surface area contributed by atoms with Crippen LogP contribution >= 0.6 is 22.9 Å². The topological polar surface area (TPSA) is 61.4 Å². The van der Waals surface area contributed by atoms with Crippen LogP contribution in [0.15, 0.2) is 18.5 Å². The third kappa shape index (κ3) is 5.10. The molecular formula is C21H27ClFN5OS. The molecule has 4 rings (SSSR count). The second-order valence-electron chi connectivity index (χ2n) is 8.23. The predicted octanol–water partition coefficient (Wildman–Crippen LogP) is 3.96. The minimum absolute atomic E-state index is 0.00865. The Balaban J connectivity index is 1.29. The summed E-state index contributed by atoms with van der Waals surface area (Å²) < 4.78 is 13.8. The number of hydrogen-bond acceptors (Lipinski definition) is 6. The third-order valence-corrected chi connectivity index (χ3v) is 7.22. The number of carbonyl (C=O) groups excluding carboxylic acids is 1. The average Bonchev–Trinajstić information content (AvgIpc) is 3.23. The fourth-order valence-corrected chi connectivity index (χ4v) is 5.35. The molecule has 2 fully saturated rings. The number of halogens is 2. The van der Waals surface area contributed by atoms with E-state index in [1.165, 1.54) is 49.5 Å². The summed E-state index contributed by atoms with van der Waals surface area (Å²) in [6, 6.07) is 1.85. The first-order chi connectivity index (χ1) is 14.5. The summed E-state index contributed by atoms with van der Waals surface area (Å²) in [5.74, 6) is -0.000727. The number of anilines is 1. The highest BCUT2D eigenvalue weighted by molar-refractivity contribution is 7.17. The van der Waals surface area contributed by atoms with E-state index in [1.54, 1.807) is 6.20 Å². The number of pyridine rings is 1. The van der Waals surface area contributed by atoms with Gasteiger partial charge in [-0.25, -0.2) is 9.37 Å². The summed E-state index contributed by atoms with van der Waals surface area (Å²) in [5, 5.41) is 3.81. The van der Waals surface area contributed by atoms with Gasteiger partial charge in [0.1, 0.15) is 10.7 Å². The van der Waals surface area contributed by atoms with Gasteiger partial charge in [-0.1, -0.05) is 29.9 Å². The van der Waals surface area contributed by atoms with Crippen LogP contribution in [0.4, 0.5) is 9.52 Å². The molecule has 0 unspecified atom stereocenters. The number of rotatable bonds is 5. The minimum atomic E-state index is -0.529. The van der Waals surface area contributed by atoms with E-state index in [-0.39, 0.29) is 23.2 Å². The number of hydrogen-bond donors (Lipinski definition) is 1. The molecule has 0 aromatic carbocycles. The summed E-state index contributed by atoms with van der Waals surface area (Å²) in [6.45, 7) is 6.72. The highest BCUT2D eigenvalue weighted by atomic mass is 35.5. The molecule has 4 heterocycles. The highest BCUT2D eigenvalue weighted by Gasteiger charge is 2.28. The van der Waals surface area contributed by atoms with Gasteiger partial charge < -0.3 is 10.2 Å². The zero-order valence-corrected chi connectivity index (χ0v) is 18.7. The fourth-order valence-electron chi connectivity index (χ4n) is 4.32. The van der Waals surface area contributed by atoms with Crippen molar-refractivity contribution in [1.29, 1.82) is 0 Å². The van der Waals surface area contributed by atoms with Gasteiger partial charge in [0.15, 0.2) is 5.13 Å². The van der Waals surface area contributed by atoms with Gasteiger partial charge in [0, 0.05) is 31.9 Å². The van der Waals surface area contributed by atoms with Crippen molar-refractivity contribution in [3.8, 4) is 0 Å². The molecule has 162 valence electrons. The van der Waals surface area contributed by atoms with Crippen LogP contribution < -0.4 is 10.2 Å². The SMILES string of the molecule is C[C@@H]1CCCN(C2CCN(c3ncc(C(=O)NCc4ncc(Cl)cc4F)s3)CC2)C1. The molecule has 2 aliphatic rings. The molecule has 0 radical (unpaired) electrons. The molecule has 2 aromatic heterocycles. The third-order valence-electron chi connectivity index (χ3n) is 5.96. The van der Waals surface area contributed by atoms with Crippen molar-refractivity contribution in [3.05, 3.63) is 39.9 Å². The largest absolute Gasteiger partial charge is 0.348 e. The zero-order chi connectivity index (χ0) is 21.1. The smallest absolute Gasteiger partial charge is 0.263 e. The quantitative estimate of drug-likeness (QED) is 0.745. The van der Waals surface area contributed by atoms with Crippen LogP contribution in [0.3, 0.4) is 0 Å². The lowest BCUT2D eigenvalue weighted by Gasteiger charge is -2.41. The van der Waals surface area contributed by atoms with Gasteiger partial charge in [-0.2, -0.15) is 0 Å². The van der Waals surface area contributed by atoms with Crippen LogP contribution in [-0.2, 0) is 6.54 Å². The van der Waals surface area contributed by atoms with E-state index in [2.05, 4.69) is 32.0 Å². The monoisotopic (exact) mass is 451 g/mol. The summed E-state index contributed by atoms with van der Waals surface area (Å²) >= 11 is 7.09. The van der Waals surface area contributed by atoms with E-state index in [1.807, 2.05) is 0 Å². The lowest BCUT2D eigenvalue weighted by atomic mass is 9.95. The van der Waals surface area contributed by atoms with Crippen molar-refractivity contribution < 1.29 is 9.18 Å². The van der Waals surface area contributed by atoms with Crippen molar-refractivity contribution in [2.24, 2.45) is 5.92 Å². The van der Waals surface area contributed by atoms with Crippen LogP contribution in [0.1, 0.15) is 48.0 Å². The number of carbonyl (C=O) groups is 1. The maximum Gasteiger partial charge on any atom is 0.263 e. The van der Waals surface area contributed by atoms with Crippen molar-refractivity contribution in [3.63, 3.8) is 0 Å². The Morgan fingerprint density at radius 1 is 1.27 bits per heavy atom. The van der Waals surface area contributed by atoms with E-state index in [0.29, 0.717) is 10.9 Å². The van der Waals surface area contributed by atoms with Crippen molar-refractivity contribution in [2.45, 2.75) is 45.2 Å². The normalized spacial score (nSPS) is 21.0. The van der Waals surface area contributed by atoms with E-state index in [4.69, 9.17) is 11.6 Å². The molecule has 0 aliphatic carbocycles. The molecule has 2 aromatic rings. The first kappa shape index (κ1) is 21.5. The van der Waals surface area contributed by atoms with E-state index in [9.17, 15) is 9.18 Å². The minimum Gasteiger partial charge on any atom is -0.348 e. The standard InChI is InChI=1S/C21H27ClFN5OS/c1-14-3-2-6-28(13-14)16-4-7-27(8-5-16)21-26-12-19(30-21)20(29)25-11-18-17(23)9-15(22)10-24-18/h9-10,12,14,16H,2-8,11,13H2,1H3,(H,25,29)/t14-/m1/s1. The summed E-state index contributed by atoms with van der Waals surface area (Å²) in [4.78, 5) is 26.3. The maximum atomic E-state index is 13.8. The van der Waals surface area contributed by atoms with Crippen molar-refractivity contribution >= 4 is 34.0 Å². The van der Waals surface area contributed by atoms with Crippen LogP contribution in [0.2, 0.25) is 5.02 Å². The molecule has 1 N–H and O–H groups in total. The Labute approximate surface area is 185 Å². The van der Waals surface area contributed by atoms with Crippen molar-refractivity contribution in [2.75, 3.05) is 31.1 Å². The molecule has 6 nitrogen and oxygen atoms in total.